The minimum absolute atomic E-state index is 0.0738. The maximum absolute atomic E-state index is 11.4. The van der Waals surface area contributed by atoms with Crippen LogP contribution in [0.1, 0.15) is 5.56 Å². The Morgan fingerprint density at radius 2 is 2.07 bits per heavy atom. The highest BCUT2D eigenvalue weighted by Gasteiger charge is 2.24. The molecule has 0 atom stereocenters. The number of hydrogen-bond acceptors (Lipinski definition) is 3. The van der Waals surface area contributed by atoms with E-state index in [9.17, 15) is 4.79 Å². The van der Waals surface area contributed by atoms with Crippen molar-refractivity contribution in [3.63, 3.8) is 0 Å². The Bertz CT molecular complexity index is 322. The molecule has 1 aliphatic rings. The third kappa shape index (κ3) is 2.78. The first-order valence-corrected chi connectivity index (χ1v) is 5.13. The molecule has 1 amide bonds. The first kappa shape index (κ1) is 10.1. The molecule has 0 spiro atoms. The van der Waals surface area contributed by atoms with Crippen LogP contribution in [0.4, 0.5) is 0 Å². The van der Waals surface area contributed by atoms with Crippen molar-refractivity contribution < 1.29 is 4.79 Å². The molecule has 4 nitrogen and oxygen atoms in total. The van der Waals surface area contributed by atoms with Gasteiger partial charge in [0.15, 0.2) is 0 Å². The van der Waals surface area contributed by atoms with Crippen molar-refractivity contribution in [1.29, 1.82) is 0 Å². The SMILES string of the molecule is O=C(NNCc1ccccc1)C1CNC1. The number of carbonyl (C=O) groups excluding carboxylic acids is 1. The first-order valence-electron chi connectivity index (χ1n) is 5.13. The summed E-state index contributed by atoms with van der Waals surface area (Å²) in [6.45, 7) is 2.24. The highest BCUT2D eigenvalue weighted by molar-refractivity contribution is 5.79. The normalized spacial score (nSPS) is 15.7. The second-order valence-corrected chi connectivity index (χ2v) is 3.68. The van der Waals surface area contributed by atoms with Gasteiger partial charge in [0.1, 0.15) is 0 Å². The van der Waals surface area contributed by atoms with Gasteiger partial charge >= 0.3 is 0 Å². The molecule has 1 aliphatic heterocycles. The van der Waals surface area contributed by atoms with Gasteiger partial charge in [-0.05, 0) is 5.56 Å². The summed E-state index contributed by atoms with van der Waals surface area (Å²) >= 11 is 0. The zero-order chi connectivity index (χ0) is 10.5. The molecule has 3 N–H and O–H groups in total. The van der Waals surface area contributed by atoms with E-state index in [1.54, 1.807) is 0 Å². The van der Waals surface area contributed by atoms with E-state index in [0.717, 1.165) is 18.7 Å². The second kappa shape index (κ2) is 4.91. The molecular weight excluding hydrogens is 190 g/mol. The molecule has 0 radical (unpaired) electrons. The Balaban J connectivity index is 1.68. The molecule has 2 rings (SSSR count). The van der Waals surface area contributed by atoms with E-state index in [1.165, 1.54) is 0 Å². The van der Waals surface area contributed by atoms with Crippen LogP contribution in [0.3, 0.4) is 0 Å². The summed E-state index contributed by atoms with van der Waals surface area (Å²) in [6.07, 6.45) is 0. The van der Waals surface area contributed by atoms with Crippen molar-refractivity contribution in [1.82, 2.24) is 16.2 Å². The third-order valence-corrected chi connectivity index (χ3v) is 2.50. The van der Waals surface area contributed by atoms with Crippen LogP contribution in [-0.4, -0.2) is 19.0 Å². The van der Waals surface area contributed by atoms with E-state index < -0.39 is 0 Å². The maximum atomic E-state index is 11.4. The molecule has 0 unspecified atom stereocenters. The predicted molar refractivity (Wildman–Crippen MR) is 57.8 cm³/mol. The van der Waals surface area contributed by atoms with Crippen LogP contribution in [0.5, 0.6) is 0 Å². The highest BCUT2D eigenvalue weighted by Crippen LogP contribution is 2.01. The van der Waals surface area contributed by atoms with Crippen molar-refractivity contribution in [2.75, 3.05) is 13.1 Å². The van der Waals surface area contributed by atoms with E-state index >= 15 is 0 Å². The molecule has 0 saturated carbocycles. The Labute approximate surface area is 89.0 Å². The van der Waals surface area contributed by atoms with Crippen LogP contribution in [0.25, 0.3) is 0 Å². The minimum atomic E-state index is 0.0738. The average Bonchev–Trinajstić information content (AvgIpc) is 2.16. The van der Waals surface area contributed by atoms with Gasteiger partial charge in [-0.15, -0.1) is 0 Å². The van der Waals surface area contributed by atoms with Crippen LogP contribution in [0.2, 0.25) is 0 Å². The number of amides is 1. The molecule has 0 bridgehead atoms. The Kier molecular flexibility index (Phi) is 3.32. The van der Waals surface area contributed by atoms with Crippen molar-refractivity contribution in [2.24, 2.45) is 5.92 Å². The van der Waals surface area contributed by atoms with Crippen LogP contribution in [0, 0.1) is 5.92 Å². The van der Waals surface area contributed by atoms with E-state index in [-0.39, 0.29) is 11.8 Å². The Morgan fingerprint density at radius 3 is 2.67 bits per heavy atom. The fourth-order valence-electron chi connectivity index (χ4n) is 1.41. The third-order valence-electron chi connectivity index (χ3n) is 2.50. The molecule has 0 aromatic heterocycles. The van der Waals surface area contributed by atoms with Gasteiger partial charge in [-0.25, -0.2) is 5.43 Å². The molecule has 1 saturated heterocycles. The molecule has 1 aromatic carbocycles. The Morgan fingerprint density at radius 1 is 1.33 bits per heavy atom. The van der Waals surface area contributed by atoms with Crippen LogP contribution < -0.4 is 16.2 Å². The lowest BCUT2D eigenvalue weighted by Crippen LogP contribution is -2.53. The summed E-state index contributed by atoms with van der Waals surface area (Å²) < 4.78 is 0. The lowest BCUT2D eigenvalue weighted by Gasteiger charge is -2.25. The smallest absolute Gasteiger partial charge is 0.239 e. The molecule has 80 valence electrons. The van der Waals surface area contributed by atoms with Gasteiger partial charge in [0, 0.05) is 19.6 Å². The lowest BCUT2D eigenvalue weighted by atomic mass is 10.0. The maximum Gasteiger partial charge on any atom is 0.239 e. The highest BCUT2D eigenvalue weighted by atomic mass is 16.2. The quantitative estimate of drug-likeness (QED) is 0.608. The number of rotatable bonds is 4. The fraction of sp³-hybridized carbons (Fsp3) is 0.364. The molecule has 15 heavy (non-hydrogen) atoms. The van der Waals surface area contributed by atoms with Crippen LogP contribution in [-0.2, 0) is 11.3 Å². The first-order chi connectivity index (χ1) is 7.36. The minimum Gasteiger partial charge on any atom is -0.315 e. The van der Waals surface area contributed by atoms with Gasteiger partial charge in [-0.3, -0.25) is 10.2 Å². The van der Waals surface area contributed by atoms with Gasteiger partial charge in [-0.1, -0.05) is 30.3 Å². The monoisotopic (exact) mass is 205 g/mol. The standard InChI is InChI=1S/C11H15N3O/c15-11(10-7-12-8-10)14-13-6-9-4-2-1-3-5-9/h1-5,10,12-13H,6-8H2,(H,14,15). The summed E-state index contributed by atoms with van der Waals surface area (Å²) in [4.78, 5) is 11.4. The zero-order valence-corrected chi connectivity index (χ0v) is 8.49. The van der Waals surface area contributed by atoms with Gasteiger partial charge in [0.05, 0.1) is 5.92 Å². The number of carbonyl (C=O) groups is 1. The molecule has 4 heteroatoms. The van der Waals surface area contributed by atoms with Gasteiger partial charge < -0.3 is 5.32 Å². The summed E-state index contributed by atoms with van der Waals surface area (Å²) in [5, 5.41) is 3.06. The predicted octanol–water partition coefficient (Wildman–Crippen LogP) is 0.0268. The van der Waals surface area contributed by atoms with E-state index in [0.29, 0.717) is 6.54 Å². The Hall–Kier alpha value is -1.39. The van der Waals surface area contributed by atoms with Gasteiger partial charge in [0.25, 0.3) is 0 Å². The largest absolute Gasteiger partial charge is 0.315 e. The molecule has 0 aliphatic carbocycles. The topological polar surface area (TPSA) is 53.2 Å². The second-order valence-electron chi connectivity index (χ2n) is 3.68. The zero-order valence-electron chi connectivity index (χ0n) is 8.49. The van der Waals surface area contributed by atoms with E-state index in [2.05, 4.69) is 16.2 Å². The summed E-state index contributed by atoms with van der Waals surface area (Å²) in [5.41, 5.74) is 6.78. The molecule has 1 heterocycles. The fourth-order valence-corrected chi connectivity index (χ4v) is 1.41. The van der Waals surface area contributed by atoms with Crippen molar-refractivity contribution in [3.05, 3.63) is 35.9 Å². The summed E-state index contributed by atoms with van der Waals surface area (Å²) in [5.74, 6) is 0.206. The van der Waals surface area contributed by atoms with Gasteiger partial charge in [0.2, 0.25) is 5.91 Å². The van der Waals surface area contributed by atoms with Crippen LogP contribution >= 0.6 is 0 Å². The van der Waals surface area contributed by atoms with Crippen molar-refractivity contribution in [2.45, 2.75) is 6.54 Å². The van der Waals surface area contributed by atoms with Crippen LogP contribution in [0.15, 0.2) is 30.3 Å². The number of hydrogen-bond donors (Lipinski definition) is 3. The molecule has 1 fully saturated rings. The van der Waals surface area contributed by atoms with Gasteiger partial charge in [-0.2, -0.15) is 0 Å². The number of benzene rings is 1. The average molecular weight is 205 g/mol. The number of nitrogens with one attached hydrogen (secondary N) is 3. The number of hydrazine groups is 1. The van der Waals surface area contributed by atoms with E-state index in [4.69, 9.17) is 0 Å². The van der Waals surface area contributed by atoms with Crippen molar-refractivity contribution in [3.8, 4) is 0 Å². The molecular formula is C11H15N3O. The summed E-state index contributed by atoms with van der Waals surface area (Å²) in [6, 6.07) is 9.97. The van der Waals surface area contributed by atoms with E-state index in [1.807, 2.05) is 30.3 Å². The van der Waals surface area contributed by atoms with Crippen molar-refractivity contribution >= 4 is 5.91 Å². The molecule has 1 aromatic rings. The lowest BCUT2D eigenvalue weighted by molar-refractivity contribution is -0.127. The summed E-state index contributed by atoms with van der Waals surface area (Å²) in [7, 11) is 0.